The molecular formula is C26H27NO6. The fourth-order valence-corrected chi connectivity index (χ4v) is 4.39. The Morgan fingerprint density at radius 1 is 1.15 bits per heavy atom. The number of carbonyl (C=O) groups excluding carboxylic acids is 3. The number of Topliss-reactive ketones (excluding diaryl/α,β-unsaturated/α-hetero) is 1. The fourth-order valence-electron chi connectivity index (χ4n) is 4.39. The number of aromatic nitrogens is 1. The second-order valence-corrected chi connectivity index (χ2v) is 8.56. The summed E-state index contributed by atoms with van der Waals surface area (Å²) >= 11 is 0. The van der Waals surface area contributed by atoms with Gasteiger partial charge in [0.1, 0.15) is 22.8 Å². The van der Waals surface area contributed by atoms with Crippen molar-refractivity contribution in [2.75, 3.05) is 0 Å². The van der Waals surface area contributed by atoms with E-state index in [9.17, 15) is 19.5 Å². The lowest BCUT2D eigenvalue weighted by molar-refractivity contribution is -0.135. The monoisotopic (exact) mass is 449 g/mol. The number of carbonyl (C=O) groups is 3. The van der Waals surface area contributed by atoms with Crippen molar-refractivity contribution in [2.24, 2.45) is 0 Å². The molecular weight excluding hydrogens is 422 g/mol. The van der Waals surface area contributed by atoms with Gasteiger partial charge in [-0.1, -0.05) is 18.2 Å². The van der Waals surface area contributed by atoms with E-state index >= 15 is 0 Å². The maximum Gasteiger partial charge on any atom is 0.342 e. The van der Waals surface area contributed by atoms with Crippen LogP contribution in [0, 0.1) is 0 Å². The van der Waals surface area contributed by atoms with Crippen molar-refractivity contribution in [3.8, 4) is 11.5 Å². The molecule has 2 aliphatic heterocycles. The number of aromatic hydroxyl groups is 1. The van der Waals surface area contributed by atoms with Crippen LogP contribution in [0.5, 0.6) is 11.5 Å². The van der Waals surface area contributed by atoms with Crippen molar-refractivity contribution >= 4 is 23.8 Å². The number of rotatable bonds is 1. The molecule has 4 rings (SSSR count). The number of ether oxygens (including phenoxy) is 2. The van der Waals surface area contributed by atoms with Crippen molar-refractivity contribution < 1.29 is 29.0 Å². The van der Waals surface area contributed by atoms with Gasteiger partial charge in [-0.2, -0.15) is 0 Å². The molecule has 2 unspecified atom stereocenters. The Balaban J connectivity index is 1.80. The van der Waals surface area contributed by atoms with Gasteiger partial charge in [-0.05, 0) is 55.9 Å². The molecule has 2 atom stereocenters. The van der Waals surface area contributed by atoms with Gasteiger partial charge in [0.2, 0.25) is 0 Å². The molecule has 0 amide bonds. The molecule has 0 fully saturated rings. The average Bonchev–Trinajstić information content (AvgIpc) is 2.78. The van der Waals surface area contributed by atoms with Crippen molar-refractivity contribution in [3.05, 3.63) is 58.9 Å². The molecule has 1 aromatic heterocycles. The van der Waals surface area contributed by atoms with E-state index in [-0.39, 0.29) is 29.3 Å². The smallest absolute Gasteiger partial charge is 0.342 e. The van der Waals surface area contributed by atoms with Crippen LogP contribution >= 0.6 is 0 Å². The topological polar surface area (TPSA) is 103 Å². The molecule has 2 aliphatic rings. The van der Waals surface area contributed by atoms with Crippen LogP contribution in [0.15, 0.2) is 36.7 Å². The lowest BCUT2D eigenvalue weighted by Crippen LogP contribution is -2.23. The lowest BCUT2D eigenvalue weighted by Gasteiger charge is -2.27. The second kappa shape index (κ2) is 9.98. The van der Waals surface area contributed by atoms with E-state index in [0.29, 0.717) is 49.7 Å². The molecule has 172 valence electrons. The standard InChI is InChI=1S/C26H27NO6/c1-16-7-5-11-19(28)10-4-2-3-8-17-13-21-24(25(30)23(17)26(31)32-16)20(14-22(29)33-21)18-9-6-12-27-15-18/h3,6,8-9,12-13,15-16,20,30H,2,4-5,7,10-11,14H2,1H3/b8-3+. The summed E-state index contributed by atoms with van der Waals surface area (Å²) < 4.78 is 11.1. The summed E-state index contributed by atoms with van der Waals surface area (Å²) in [6, 6.07) is 5.19. The minimum Gasteiger partial charge on any atom is -0.507 e. The Morgan fingerprint density at radius 2 is 1.97 bits per heavy atom. The molecule has 7 nitrogen and oxygen atoms in total. The number of esters is 2. The highest BCUT2D eigenvalue weighted by atomic mass is 16.5. The summed E-state index contributed by atoms with van der Waals surface area (Å²) in [5.74, 6) is -1.37. The summed E-state index contributed by atoms with van der Waals surface area (Å²) in [5.41, 5.74) is 1.59. The summed E-state index contributed by atoms with van der Waals surface area (Å²) in [6.07, 6.45) is 9.98. The van der Waals surface area contributed by atoms with Crippen molar-refractivity contribution in [3.63, 3.8) is 0 Å². The molecule has 0 saturated carbocycles. The van der Waals surface area contributed by atoms with E-state index in [1.807, 2.05) is 12.1 Å². The largest absolute Gasteiger partial charge is 0.507 e. The number of cyclic esters (lactones) is 1. The molecule has 3 heterocycles. The Labute approximate surface area is 192 Å². The van der Waals surface area contributed by atoms with Crippen LogP contribution in [0.2, 0.25) is 0 Å². The van der Waals surface area contributed by atoms with Gasteiger partial charge in [0.25, 0.3) is 0 Å². The molecule has 0 spiro atoms. The van der Waals surface area contributed by atoms with Crippen LogP contribution < -0.4 is 4.74 Å². The number of benzene rings is 1. The highest BCUT2D eigenvalue weighted by Gasteiger charge is 2.35. The van der Waals surface area contributed by atoms with Crippen molar-refractivity contribution in [2.45, 2.75) is 63.9 Å². The molecule has 0 aliphatic carbocycles. The van der Waals surface area contributed by atoms with E-state index in [1.165, 1.54) is 0 Å². The van der Waals surface area contributed by atoms with Crippen LogP contribution in [-0.2, 0) is 14.3 Å². The number of ketones is 1. The van der Waals surface area contributed by atoms with E-state index in [0.717, 1.165) is 5.56 Å². The van der Waals surface area contributed by atoms with Crippen molar-refractivity contribution in [1.82, 2.24) is 4.98 Å². The number of allylic oxidation sites excluding steroid dienone is 1. The molecule has 0 bridgehead atoms. The van der Waals surface area contributed by atoms with E-state index < -0.39 is 24.0 Å². The zero-order valence-electron chi connectivity index (χ0n) is 18.6. The van der Waals surface area contributed by atoms with Gasteiger partial charge in [0.15, 0.2) is 0 Å². The quantitative estimate of drug-likeness (QED) is 0.497. The average molecular weight is 450 g/mol. The normalized spacial score (nSPS) is 22.9. The van der Waals surface area contributed by atoms with Gasteiger partial charge in [-0.25, -0.2) is 4.79 Å². The first kappa shape index (κ1) is 22.7. The zero-order valence-corrected chi connectivity index (χ0v) is 18.6. The van der Waals surface area contributed by atoms with Gasteiger partial charge >= 0.3 is 11.9 Å². The third kappa shape index (κ3) is 5.13. The second-order valence-electron chi connectivity index (χ2n) is 8.56. The predicted molar refractivity (Wildman–Crippen MR) is 121 cm³/mol. The van der Waals surface area contributed by atoms with Crippen molar-refractivity contribution in [1.29, 1.82) is 0 Å². The molecule has 1 N–H and O–H groups in total. The fraction of sp³-hybridized carbons (Fsp3) is 0.385. The molecule has 7 heteroatoms. The molecule has 0 radical (unpaired) electrons. The van der Waals surface area contributed by atoms with Crippen LogP contribution in [0.1, 0.15) is 84.8 Å². The number of hydrogen-bond acceptors (Lipinski definition) is 7. The summed E-state index contributed by atoms with van der Waals surface area (Å²) in [4.78, 5) is 41.6. The summed E-state index contributed by atoms with van der Waals surface area (Å²) in [5, 5.41) is 11.3. The first-order valence-corrected chi connectivity index (χ1v) is 11.3. The van der Waals surface area contributed by atoms with Crippen LogP contribution in [-0.4, -0.2) is 33.9 Å². The van der Waals surface area contributed by atoms with E-state index in [2.05, 4.69) is 4.98 Å². The predicted octanol–water partition coefficient (Wildman–Crippen LogP) is 4.71. The number of fused-ring (bicyclic) bond motifs is 2. The number of phenolic OH excluding ortho intramolecular Hbond substituents is 1. The van der Waals surface area contributed by atoms with Gasteiger partial charge in [0, 0.05) is 36.7 Å². The van der Waals surface area contributed by atoms with Gasteiger partial charge in [-0.3, -0.25) is 14.6 Å². The Bertz CT molecular complexity index is 1090. The molecule has 1 aromatic carbocycles. The molecule has 33 heavy (non-hydrogen) atoms. The summed E-state index contributed by atoms with van der Waals surface area (Å²) in [7, 11) is 0. The maximum absolute atomic E-state index is 13.2. The minimum atomic E-state index is -0.646. The van der Waals surface area contributed by atoms with Gasteiger partial charge < -0.3 is 14.6 Å². The first-order chi connectivity index (χ1) is 15.9. The first-order valence-electron chi connectivity index (χ1n) is 11.3. The lowest BCUT2D eigenvalue weighted by atomic mass is 9.84. The SMILES string of the molecule is CC1CCCC(=O)CCC/C=C/c2cc3c(c(O)c2C(=O)O1)C(c1cccnc1)CC(=O)O3. The number of phenols is 1. The van der Waals surface area contributed by atoms with Gasteiger partial charge in [0.05, 0.1) is 12.5 Å². The third-order valence-corrected chi connectivity index (χ3v) is 6.06. The minimum absolute atomic E-state index is 0.0281. The third-order valence-electron chi connectivity index (χ3n) is 6.06. The van der Waals surface area contributed by atoms with Crippen LogP contribution in [0.25, 0.3) is 6.08 Å². The number of nitrogens with zero attached hydrogens (tertiary/aromatic N) is 1. The molecule has 0 saturated heterocycles. The van der Waals surface area contributed by atoms with Crippen LogP contribution in [0.4, 0.5) is 0 Å². The van der Waals surface area contributed by atoms with Crippen LogP contribution in [0.3, 0.4) is 0 Å². The summed E-state index contributed by atoms with van der Waals surface area (Å²) in [6.45, 7) is 1.78. The number of pyridine rings is 1. The highest BCUT2D eigenvalue weighted by Crippen LogP contribution is 2.47. The Hall–Kier alpha value is -3.48. The zero-order chi connectivity index (χ0) is 23.4. The molecule has 2 aromatic rings. The number of hydrogen-bond donors (Lipinski definition) is 1. The maximum atomic E-state index is 13.2. The van der Waals surface area contributed by atoms with Gasteiger partial charge in [-0.15, -0.1) is 0 Å². The highest BCUT2D eigenvalue weighted by molar-refractivity contribution is 5.98. The van der Waals surface area contributed by atoms with E-state index in [1.54, 1.807) is 37.5 Å². The Kier molecular flexibility index (Phi) is 6.87. The Morgan fingerprint density at radius 3 is 2.76 bits per heavy atom. The van der Waals surface area contributed by atoms with E-state index in [4.69, 9.17) is 9.47 Å².